The van der Waals surface area contributed by atoms with E-state index in [1.54, 1.807) is 0 Å². The fraction of sp³-hybridized carbons (Fsp3) is 0.364. The number of hydrogen-bond donors (Lipinski definition) is 2. The molecular weight excluding hydrogens is 266 g/mol. The molecule has 6 heteroatoms. The molecule has 0 aliphatic carbocycles. The molecule has 0 bridgehead atoms. The third-order valence-corrected chi connectivity index (χ3v) is 3.00. The fourth-order valence-corrected chi connectivity index (χ4v) is 1.72. The van der Waals surface area contributed by atoms with Crippen molar-refractivity contribution in [1.29, 1.82) is 0 Å². The van der Waals surface area contributed by atoms with E-state index < -0.39 is 5.82 Å². The number of carbonyl (C=O) groups is 1. The Kier molecular flexibility index (Phi) is 5.18. The maximum absolute atomic E-state index is 13.1. The van der Waals surface area contributed by atoms with Crippen molar-refractivity contribution in [3.8, 4) is 0 Å². The molecule has 1 aromatic rings. The molecule has 1 aliphatic heterocycles. The quantitative estimate of drug-likeness (QED) is 0.886. The predicted molar refractivity (Wildman–Crippen MR) is 67.4 cm³/mol. The van der Waals surface area contributed by atoms with Crippen molar-refractivity contribution in [2.75, 3.05) is 19.6 Å². The van der Waals surface area contributed by atoms with E-state index in [2.05, 4.69) is 10.6 Å². The maximum Gasteiger partial charge on any atom is 0.252 e. The van der Waals surface area contributed by atoms with Crippen molar-refractivity contribution >= 4 is 29.9 Å². The molecule has 1 aliphatic rings. The summed E-state index contributed by atoms with van der Waals surface area (Å²) in [5.74, 6) is -0.424. The molecule has 3 nitrogen and oxygen atoms in total. The first-order valence-corrected chi connectivity index (χ1v) is 5.49. The van der Waals surface area contributed by atoms with E-state index in [1.807, 2.05) is 0 Å². The predicted octanol–water partition coefficient (Wildman–Crippen LogP) is 1.85. The Morgan fingerprint density at radius 2 is 2.24 bits per heavy atom. The van der Waals surface area contributed by atoms with Crippen LogP contribution in [0.2, 0.25) is 5.02 Å². The lowest BCUT2D eigenvalue weighted by molar-refractivity contribution is 0.0942. The number of hydrogen-bond acceptors (Lipinski definition) is 2. The van der Waals surface area contributed by atoms with E-state index in [0.717, 1.165) is 13.1 Å². The minimum atomic E-state index is -0.570. The Hall–Kier alpha value is -0.840. The first kappa shape index (κ1) is 14.2. The summed E-state index contributed by atoms with van der Waals surface area (Å²) in [5, 5.41) is 5.73. The summed E-state index contributed by atoms with van der Waals surface area (Å²) >= 11 is 5.70. The van der Waals surface area contributed by atoms with Gasteiger partial charge in [0, 0.05) is 25.6 Å². The number of amides is 1. The summed E-state index contributed by atoms with van der Waals surface area (Å²) in [6, 6.07) is 4.22. The molecule has 2 N–H and O–H groups in total. The van der Waals surface area contributed by atoms with Crippen LogP contribution >= 0.6 is 24.0 Å². The van der Waals surface area contributed by atoms with Gasteiger partial charge in [-0.2, -0.15) is 0 Å². The molecule has 0 aromatic heterocycles. The van der Waals surface area contributed by atoms with Crippen LogP contribution in [-0.4, -0.2) is 25.5 Å². The van der Waals surface area contributed by atoms with Crippen LogP contribution in [0.15, 0.2) is 18.2 Å². The van der Waals surface area contributed by atoms with E-state index in [9.17, 15) is 9.18 Å². The van der Waals surface area contributed by atoms with Gasteiger partial charge in [0.05, 0.1) is 10.6 Å². The number of nitrogens with one attached hydrogen (secondary N) is 2. The van der Waals surface area contributed by atoms with Gasteiger partial charge in [0.25, 0.3) is 5.91 Å². The molecule has 0 spiro atoms. The van der Waals surface area contributed by atoms with Gasteiger partial charge in [-0.3, -0.25) is 4.79 Å². The second-order valence-corrected chi connectivity index (χ2v) is 4.21. The fourth-order valence-electron chi connectivity index (χ4n) is 1.50. The zero-order valence-corrected chi connectivity index (χ0v) is 10.6. The molecule has 17 heavy (non-hydrogen) atoms. The van der Waals surface area contributed by atoms with Crippen LogP contribution in [0.5, 0.6) is 0 Å². The van der Waals surface area contributed by atoms with Crippen LogP contribution in [-0.2, 0) is 0 Å². The normalized spacial score (nSPS) is 14.7. The third-order valence-electron chi connectivity index (χ3n) is 2.61. The Morgan fingerprint density at radius 3 is 2.82 bits per heavy atom. The van der Waals surface area contributed by atoms with Gasteiger partial charge < -0.3 is 10.6 Å². The topological polar surface area (TPSA) is 41.1 Å². The zero-order chi connectivity index (χ0) is 11.5. The Labute approximate surface area is 110 Å². The van der Waals surface area contributed by atoms with Crippen molar-refractivity contribution in [1.82, 2.24) is 10.6 Å². The average molecular weight is 279 g/mol. The molecule has 1 fully saturated rings. The van der Waals surface area contributed by atoms with E-state index in [0.29, 0.717) is 12.5 Å². The van der Waals surface area contributed by atoms with Gasteiger partial charge in [-0.1, -0.05) is 17.7 Å². The van der Waals surface area contributed by atoms with Crippen molar-refractivity contribution in [3.63, 3.8) is 0 Å². The summed E-state index contributed by atoms with van der Waals surface area (Å²) in [6.45, 7) is 2.42. The van der Waals surface area contributed by atoms with E-state index in [1.165, 1.54) is 18.2 Å². The van der Waals surface area contributed by atoms with Gasteiger partial charge in [0.15, 0.2) is 0 Å². The summed E-state index contributed by atoms with van der Waals surface area (Å²) < 4.78 is 13.1. The van der Waals surface area contributed by atoms with Crippen LogP contribution in [0.4, 0.5) is 4.39 Å². The number of halogens is 3. The largest absolute Gasteiger partial charge is 0.352 e. The summed E-state index contributed by atoms with van der Waals surface area (Å²) in [5.41, 5.74) is 0.189. The number of carbonyl (C=O) groups excluding carboxylic acids is 1. The SMILES string of the molecule is Cl.O=C(NCC1CNC1)c1cccc(F)c1Cl. The first-order valence-electron chi connectivity index (χ1n) is 5.11. The Balaban J connectivity index is 0.00000144. The Morgan fingerprint density at radius 1 is 1.53 bits per heavy atom. The molecule has 1 heterocycles. The smallest absolute Gasteiger partial charge is 0.252 e. The monoisotopic (exact) mass is 278 g/mol. The van der Waals surface area contributed by atoms with Crippen LogP contribution in [0.3, 0.4) is 0 Å². The van der Waals surface area contributed by atoms with Crippen LogP contribution in [0.1, 0.15) is 10.4 Å². The molecule has 1 saturated heterocycles. The van der Waals surface area contributed by atoms with E-state index in [4.69, 9.17) is 11.6 Å². The molecule has 1 aromatic carbocycles. The van der Waals surface area contributed by atoms with Crippen LogP contribution in [0, 0.1) is 11.7 Å². The highest BCUT2D eigenvalue weighted by molar-refractivity contribution is 6.34. The lowest BCUT2D eigenvalue weighted by Crippen LogP contribution is -2.48. The second kappa shape index (κ2) is 6.19. The minimum Gasteiger partial charge on any atom is -0.352 e. The molecule has 0 radical (unpaired) electrons. The van der Waals surface area contributed by atoms with Gasteiger partial charge >= 0.3 is 0 Å². The van der Waals surface area contributed by atoms with Crippen LogP contribution < -0.4 is 10.6 Å². The number of rotatable bonds is 3. The standard InChI is InChI=1S/C11H12ClFN2O.ClH/c12-10-8(2-1-3-9(10)13)11(16)15-6-7-4-14-5-7;/h1-3,7,14H,4-6H2,(H,15,16);1H. The average Bonchev–Trinajstić information content (AvgIpc) is 2.19. The first-order chi connectivity index (χ1) is 7.68. The lowest BCUT2D eigenvalue weighted by Gasteiger charge is -2.27. The van der Waals surface area contributed by atoms with E-state index >= 15 is 0 Å². The summed E-state index contributed by atoms with van der Waals surface area (Å²) in [7, 11) is 0. The van der Waals surface area contributed by atoms with Gasteiger partial charge in [0.2, 0.25) is 0 Å². The third kappa shape index (κ3) is 3.31. The molecule has 2 rings (SSSR count). The highest BCUT2D eigenvalue weighted by Gasteiger charge is 2.19. The van der Waals surface area contributed by atoms with Crippen molar-refractivity contribution in [2.24, 2.45) is 5.92 Å². The van der Waals surface area contributed by atoms with Gasteiger partial charge in [-0.15, -0.1) is 12.4 Å². The van der Waals surface area contributed by atoms with Crippen molar-refractivity contribution < 1.29 is 9.18 Å². The van der Waals surface area contributed by atoms with Gasteiger partial charge in [-0.05, 0) is 12.1 Å². The van der Waals surface area contributed by atoms with Crippen molar-refractivity contribution in [3.05, 3.63) is 34.6 Å². The maximum atomic E-state index is 13.1. The molecule has 0 saturated carbocycles. The summed E-state index contributed by atoms with van der Waals surface area (Å²) in [4.78, 5) is 11.7. The zero-order valence-electron chi connectivity index (χ0n) is 9.00. The highest BCUT2D eigenvalue weighted by Crippen LogP contribution is 2.19. The molecule has 0 atom stereocenters. The van der Waals surface area contributed by atoms with E-state index in [-0.39, 0.29) is 28.9 Å². The highest BCUT2D eigenvalue weighted by atomic mass is 35.5. The Bertz CT molecular complexity index is 410. The van der Waals surface area contributed by atoms with Crippen molar-refractivity contribution in [2.45, 2.75) is 0 Å². The number of benzene rings is 1. The van der Waals surface area contributed by atoms with Gasteiger partial charge in [-0.25, -0.2) is 4.39 Å². The molecule has 1 amide bonds. The molecular formula is C11H13Cl2FN2O. The molecule has 94 valence electrons. The minimum absolute atomic E-state index is 0. The van der Waals surface area contributed by atoms with Crippen LogP contribution in [0.25, 0.3) is 0 Å². The summed E-state index contributed by atoms with van der Waals surface area (Å²) in [6.07, 6.45) is 0. The lowest BCUT2D eigenvalue weighted by atomic mass is 10.0. The molecule has 0 unspecified atom stereocenters. The second-order valence-electron chi connectivity index (χ2n) is 3.84. The van der Waals surface area contributed by atoms with Gasteiger partial charge in [0.1, 0.15) is 5.82 Å².